The predicted molar refractivity (Wildman–Crippen MR) is 118 cm³/mol. The van der Waals surface area contributed by atoms with Crippen LogP contribution in [0.2, 0.25) is 0 Å². The van der Waals surface area contributed by atoms with Gasteiger partial charge in [0.15, 0.2) is 0 Å². The molecule has 1 aliphatic rings. The van der Waals surface area contributed by atoms with Gasteiger partial charge >= 0.3 is 0 Å². The Kier molecular flexibility index (Phi) is 5.83. The molecular weight excluding hydrogens is 380 g/mol. The molecule has 0 saturated carbocycles. The monoisotopic (exact) mass is 408 g/mol. The zero-order valence-electron chi connectivity index (χ0n) is 17.4. The summed E-state index contributed by atoms with van der Waals surface area (Å²) in [6.07, 6.45) is 2.13. The molecule has 1 aliphatic heterocycles. The lowest BCUT2D eigenvalue weighted by Gasteiger charge is -2.27. The van der Waals surface area contributed by atoms with Crippen molar-refractivity contribution in [3.63, 3.8) is 0 Å². The minimum Gasteiger partial charge on any atom is -0.335 e. The Morgan fingerprint density at radius 2 is 2.03 bits per heavy atom. The molecule has 3 aromatic rings. The van der Waals surface area contributed by atoms with E-state index < -0.39 is 0 Å². The molecule has 0 fully saturated rings. The topological polar surface area (TPSA) is 41.4 Å². The van der Waals surface area contributed by atoms with Crippen LogP contribution in [0.4, 0.5) is 0 Å². The zero-order chi connectivity index (χ0) is 20.4. The van der Waals surface area contributed by atoms with Crippen molar-refractivity contribution in [1.29, 1.82) is 0 Å². The molecule has 5 nitrogen and oxygen atoms in total. The van der Waals surface area contributed by atoms with Crippen molar-refractivity contribution in [2.75, 3.05) is 20.1 Å². The van der Waals surface area contributed by atoms with Gasteiger partial charge in [0.2, 0.25) is 0 Å². The minimum absolute atomic E-state index is 0.0554. The fourth-order valence-electron chi connectivity index (χ4n) is 3.96. The summed E-state index contributed by atoms with van der Waals surface area (Å²) in [6, 6.07) is 12.3. The van der Waals surface area contributed by atoms with Crippen LogP contribution in [-0.2, 0) is 19.5 Å². The van der Waals surface area contributed by atoms with E-state index in [1.165, 1.54) is 28.2 Å². The summed E-state index contributed by atoms with van der Waals surface area (Å²) in [5.74, 6) is 0.0554. The predicted octanol–water partition coefficient (Wildman–Crippen LogP) is 4.28. The lowest BCUT2D eigenvalue weighted by molar-refractivity contribution is 0.0787. The first-order chi connectivity index (χ1) is 14.1. The molecule has 0 radical (unpaired) electrons. The van der Waals surface area contributed by atoms with Crippen LogP contribution in [0.25, 0.3) is 5.69 Å². The molecule has 2 aromatic heterocycles. The SMILES string of the molecule is CCCN1CCc2c(c(CN(C)C(=O)c3cccs3)nn2-c2ccc(C)cc2)C1. The van der Waals surface area contributed by atoms with Crippen LogP contribution in [-0.4, -0.2) is 45.6 Å². The lowest BCUT2D eigenvalue weighted by atomic mass is 10.0. The molecule has 0 bridgehead atoms. The second kappa shape index (κ2) is 8.51. The maximum Gasteiger partial charge on any atom is 0.264 e. The van der Waals surface area contributed by atoms with Crippen LogP contribution in [0.5, 0.6) is 0 Å². The Balaban J connectivity index is 1.67. The second-order valence-electron chi connectivity index (χ2n) is 7.78. The summed E-state index contributed by atoms with van der Waals surface area (Å²) in [5.41, 5.74) is 5.91. The van der Waals surface area contributed by atoms with Crippen LogP contribution in [0.1, 0.15) is 45.5 Å². The number of nitrogens with zero attached hydrogens (tertiary/aromatic N) is 4. The molecule has 1 aromatic carbocycles. The fourth-order valence-corrected chi connectivity index (χ4v) is 4.68. The van der Waals surface area contributed by atoms with Gasteiger partial charge in [-0.3, -0.25) is 9.69 Å². The van der Waals surface area contributed by atoms with Crippen LogP contribution < -0.4 is 0 Å². The molecule has 4 rings (SSSR count). The first kappa shape index (κ1) is 19.9. The molecule has 0 atom stereocenters. The van der Waals surface area contributed by atoms with E-state index in [-0.39, 0.29) is 5.91 Å². The van der Waals surface area contributed by atoms with Crippen molar-refractivity contribution in [3.05, 3.63) is 69.2 Å². The van der Waals surface area contributed by atoms with Crippen molar-refractivity contribution in [2.45, 2.75) is 39.8 Å². The summed E-state index contributed by atoms with van der Waals surface area (Å²) in [4.78, 5) is 17.8. The standard InChI is InChI=1S/C23H28N4OS/c1-4-12-26-13-11-21-19(15-26)20(16-25(3)23(28)22-6-5-14-29-22)24-27(21)18-9-7-17(2)8-10-18/h5-10,14H,4,11-13,15-16H2,1-3H3. The van der Waals surface area contributed by atoms with Gasteiger partial charge in [-0.1, -0.05) is 30.7 Å². The maximum absolute atomic E-state index is 12.8. The van der Waals surface area contributed by atoms with Crippen LogP contribution in [0, 0.1) is 6.92 Å². The molecule has 1 amide bonds. The fraction of sp³-hybridized carbons (Fsp3) is 0.391. The zero-order valence-corrected chi connectivity index (χ0v) is 18.2. The highest BCUT2D eigenvalue weighted by Crippen LogP contribution is 2.27. The number of thiophene rings is 1. The van der Waals surface area contributed by atoms with E-state index in [4.69, 9.17) is 5.10 Å². The van der Waals surface area contributed by atoms with E-state index in [0.29, 0.717) is 6.54 Å². The average molecular weight is 409 g/mol. The van der Waals surface area contributed by atoms with Gasteiger partial charge in [-0.2, -0.15) is 5.10 Å². The number of aromatic nitrogens is 2. The summed E-state index contributed by atoms with van der Waals surface area (Å²) in [7, 11) is 1.87. The number of hydrogen-bond acceptors (Lipinski definition) is 4. The Morgan fingerprint density at radius 1 is 1.24 bits per heavy atom. The van der Waals surface area contributed by atoms with Crippen molar-refractivity contribution < 1.29 is 4.79 Å². The number of carbonyl (C=O) groups excluding carboxylic acids is 1. The molecular formula is C23H28N4OS. The quantitative estimate of drug-likeness (QED) is 0.611. The third kappa shape index (κ3) is 4.14. The minimum atomic E-state index is 0.0554. The molecule has 0 aliphatic carbocycles. The van der Waals surface area contributed by atoms with E-state index in [0.717, 1.165) is 48.7 Å². The van der Waals surface area contributed by atoms with E-state index in [1.807, 2.05) is 24.6 Å². The van der Waals surface area contributed by atoms with Gasteiger partial charge in [0.1, 0.15) is 0 Å². The summed E-state index contributed by atoms with van der Waals surface area (Å²) < 4.78 is 2.09. The highest BCUT2D eigenvalue weighted by atomic mass is 32.1. The highest BCUT2D eigenvalue weighted by Gasteiger charge is 2.26. The summed E-state index contributed by atoms with van der Waals surface area (Å²) >= 11 is 1.48. The molecule has 0 spiro atoms. The van der Waals surface area contributed by atoms with Gasteiger partial charge in [0.25, 0.3) is 5.91 Å². The second-order valence-corrected chi connectivity index (χ2v) is 8.73. The van der Waals surface area contributed by atoms with Crippen LogP contribution in [0.15, 0.2) is 41.8 Å². The molecule has 0 unspecified atom stereocenters. The van der Waals surface area contributed by atoms with Gasteiger partial charge in [-0.15, -0.1) is 11.3 Å². The molecule has 0 saturated heterocycles. The van der Waals surface area contributed by atoms with Crippen LogP contribution in [0.3, 0.4) is 0 Å². The van der Waals surface area contributed by atoms with E-state index in [9.17, 15) is 4.79 Å². The van der Waals surface area contributed by atoms with Crippen molar-refractivity contribution >= 4 is 17.2 Å². The van der Waals surface area contributed by atoms with Gasteiger partial charge < -0.3 is 4.90 Å². The number of hydrogen-bond donors (Lipinski definition) is 0. The lowest BCUT2D eigenvalue weighted by Crippen LogP contribution is -2.32. The number of rotatable bonds is 6. The average Bonchev–Trinajstić information content (AvgIpc) is 3.37. The molecule has 0 N–H and O–H groups in total. The Morgan fingerprint density at radius 3 is 2.72 bits per heavy atom. The van der Waals surface area contributed by atoms with Crippen molar-refractivity contribution in [2.24, 2.45) is 0 Å². The Labute approximate surface area is 176 Å². The third-order valence-corrected chi connectivity index (χ3v) is 6.36. The van der Waals surface area contributed by atoms with Crippen molar-refractivity contribution in [1.82, 2.24) is 19.6 Å². The first-order valence-corrected chi connectivity index (χ1v) is 11.1. The van der Waals surface area contributed by atoms with Gasteiger partial charge in [0.05, 0.1) is 28.5 Å². The van der Waals surface area contributed by atoms with Gasteiger partial charge in [0, 0.05) is 32.1 Å². The normalized spacial score (nSPS) is 14.0. The van der Waals surface area contributed by atoms with E-state index >= 15 is 0 Å². The Bertz CT molecular complexity index is 975. The smallest absolute Gasteiger partial charge is 0.264 e. The van der Waals surface area contributed by atoms with Crippen molar-refractivity contribution in [3.8, 4) is 5.69 Å². The van der Waals surface area contributed by atoms with Gasteiger partial charge in [-0.25, -0.2) is 4.68 Å². The molecule has 6 heteroatoms. The number of benzene rings is 1. The molecule has 3 heterocycles. The molecule has 152 valence electrons. The van der Waals surface area contributed by atoms with Crippen LogP contribution >= 0.6 is 11.3 Å². The summed E-state index contributed by atoms with van der Waals surface area (Å²) in [6.45, 7) is 7.91. The summed E-state index contributed by atoms with van der Waals surface area (Å²) in [5, 5.41) is 6.93. The first-order valence-electron chi connectivity index (χ1n) is 10.2. The Hall–Kier alpha value is -2.44. The largest absolute Gasteiger partial charge is 0.335 e. The van der Waals surface area contributed by atoms with E-state index in [1.54, 1.807) is 4.90 Å². The number of aryl methyl sites for hydroxylation is 1. The third-order valence-electron chi connectivity index (χ3n) is 5.50. The number of carbonyl (C=O) groups is 1. The van der Waals surface area contributed by atoms with E-state index in [2.05, 4.69) is 47.7 Å². The molecule has 29 heavy (non-hydrogen) atoms. The van der Waals surface area contributed by atoms with Gasteiger partial charge in [-0.05, 0) is 43.5 Å². The maximum atomic E-state index is 12.8. The number of amides is 1. The number of fused-ring (bicyclic) bond motifs is 1. The highest BCUT2D eigenvalue weighted by molar-refractivity contribution is 7.12.